The number of halogens is 1. The van der Waals surface area contributed by atoms with E-state index in [9.17, 15) is 9.59 Å². The SMILES string of the molecule is CC(=O)N1CCN(CCNC(=O)C(C)(N)c2ccc(Br)cc2)CC1. The molecule has 1 fully saturated rings. The van der Waals surface area contributed by atoms with Crippen LogP contribution in [0.2, 0.25) is 0 Å². The van der Waals surface area contributed by atoms with Crippen LogP contribution >= 0.6 is 15.9 Å². The number of hydrogen-bond acceptors (Lipinski definition) is 4. The van der Waals surface area contributed by atoms with E-state index in [0.29, 0.717) is 6.54 Å². The lowest BCUT2D eigenvalue weighted by molar-refractivity contribution is -0.130. The Balaban J connectivity index is 1.79. The molecule has 1 aliphatic rings. The number of nitrogens with one attached hydrogen (secondary N) is 1. The Labute approximate surface area is 151 Å². The van der Waals surface area contributed by atoms with Crippen LogP contribution in [0.5, 0.6) is 0 Å². The van der Waals surface area contributed by atoms with E-state index in [4.69, 9.17) is 5.73 Å². The van der Waals surface area contributed by atoms with Gasteiger partial charge in [0.05, 0.1) is 0 Å². The number of rotatable bonds is 5. The second-order valence-electron chi connectivity index (χ2n) is 6.31. The monoisotopic (exact) mass is 396 g/mol. The van der Waals surface area contributed by atoms with Crippen LogP contribution < -0.4 is 11.1 Å². The van der Waals surface area contributed by atoms with Gasteiger partial charge in [0.1, 0.15) is 5.54 Å². The molecule has 1 unspecified atom stereocenters. The van der Waals surface area contributed by atoms with E-state index in [-0.39, 0.29) is 11.8 Å². The topological polar surface area (TPSA) is 78.7 Å². The zero-order valence-electron chi connectivity index (χ0n) is 14.2. The second-order valence-corrected chi connectivity index (χ2v) is 7.23. The molecule has 1 aromatic carbocycles. The maximum atomic E-state index is 12.4. The normalized spacial score (nSPS) is 18.1. The van der Waals surface area contributed by atoms with Gasteiger partial charge in [-0.25, -0.2) is 0 Å². The minimum atomic E-state index is -1.06. The van der Waals surface area contributed by atoms with Gasteiger partial charge in [-0.2, -0.15) is 0 Å². The quantitative estimate of drug-likeness (QED) is 0.774. The van der Waals surface area contributed by atoms with Gasteiger partial charge in [0, 0.05) is 50.7 Å². The molecule has 132 valence electrons. The van der Waals surface area contributed by atoms with Crippen molar-refractivity contribution in [1.29, 1.82) is 0 Å². The number of carbonyl (C=O) groups excluding carboxylic acids is 2. The Morgan fingerprint density at radius 2 is 1.79 bits per heavy atom. The maximum absolute atomic E-state index is 12.4. The number of nitrogens with two attached hydrogens (primary N) is 1. The molecule has 0 saturated carbocycles. The molecule has 0 aliphatic carbocycles. The van der Waals surface area contributed by atoms with E-state index in [1.807, 2.05) is 29.2 Å². The number of carbonyl (C=O) groups is 2. The molecule has 6 nitrogen and oxygen atoms in total. The first-order valence-corrected chi connectivity index (χ1v) is 8.91. The van der Waals surface area contributed by atoms with E-state index in [1.54, 1.807) is 13.8 Å². The van der Waals surface area contributed by atoms with Gasteiger partial charge in [-0.3, -0.25) is 14.5 Å². The lowest BCUT2D eigenvalue weighted by Gasteiger charge is -2.34. The van der Waals surface area contributed by atoms with Crippen molar-refractivity contribution in [3.63, 3.8) is 0 Å². The average molecular weight is 397 g/mol. The van der Waals surface area contributed by atoms with E-state index < -0.39 is 5.54 Å². The molecule has 1 saturated heterocycles. The first-order valence-electron chi connectivity index (χ1n) is 8.12. The molecule has 7 heteroatoms. The van der Waals surface area contributed by atoms with Gasteiger partial charge in [0.25, 0.3) is 0 Å². The summed E-state index contributed by atoms with van der Waals surface area (Å²) in [6.45, 7) is 7.78. The number of hydrogen-bond donors (Lipinski definition) is 2. The average Bonchev–Trinajstić information content (AvgIpc) is 2.55. The van der Waals surface area contributed by atoms with E-state index in [0.717, 1.165) is 42.8 Å². The van der Waals surface area contributed by atoms with Gasteiger partial charge in [0.15, 0.2) is 0 Å². The van der Waals surface area contributed by atoms with Crippen molar-refractivity contribution < 1.29 is 9.59 Å². The highest BCUT2D eigenvalue weighted by Crippen LogP contribution is 2.20. The van der Waals surface area contributed by atoms with Crippen LogP contribution in [-0.2, 0) is 15.1 Å². The minimum Gasteiger partial charge on any atom is -0.353 e. The molecule has 0 bridgehead atoms. The second kappa shape index (κ2) is 8.09. The van der Waals surface area contributed by atoms with Gasteiger partial charge in [-0.1, -0.05) is 28.1 Å². The van der Waals surface area contributed by atoms with Crippen molar-refractivity contribution in [2.24, 2.45) is 5.73 Å². The first kappa shape index (κ1) is 18.9. The minimum absolute atomic E-state index is 0.122. The predicted molar refractivity (Wildman–Crippen MR) is 97.4 cm³/mol. The van der Waals surface area contributed by atoms with Crippen LogP contribution in [0.15, 0.2) is 28.7 Å². The predicted octanol–water partition coefficient (Wildman–Crippen LogP) is 0.903. The number of amides is 2. The molecule has 0 spiro atoms. The fraction of sp³-hybridized carbons (Fsp3) is 0.529. The molecule has 1 aromatic rings. The highest BCUT2D eigenvalue weighted by molar-refractivity contribution is 9.10. The standard InChI is InChI=1S/C17H25BrN4O2/c1-13(23)22-11-9-21(10-12-22)8-7-20-16(24)17(2,19)14-3-5-15(18)6-4-14/h3-6H,7-12,19H2,1-2H3,(H,20,24). The van der Waals surface area contributed by atoms with Crippen LogP contribution in [0.4, 0.5) is 0 Å². The van der Waals surface area contributed by atoms with Crippen LogP contribution in [-0.4, -0.2) is 60.9 Å². The van der Waals surface area contributed by atoms with Crippen LogP contribution in [0.1, 0.15) is 19.4 Å². The van der Waals surface area contributed by atoms with Crippen molar-refractivity contribution in [2.45, 2.75) is 19.4 Å². The summed E-state index contributed by atoms with van der Waals surface area (Å²) in [6, 6.07) is 7.46. The van der Waals surface area contributed by atoms with E-state index in [2.05, 4.69) is 26.1 Å². The van der Waals surface area contributed by atoms with Crippen LogP contribution in [0, 0.1) is 0 Å². The third kappa shape index (κ3) is 4.78. The Morgan fingerprint density at radius 1 is 1.21 bits per heavy atom. The van der Waals surface area contributed by atoms with Crippen molar-refractivity contribution in [3.8, 4) is 0 Å². The number of nitrogens with zero attached hydrogens (tertiary/aromatic N) is 2. The Bertz CT molecular complexity index is 581. The summed E-state index contributed by atoms with van der Waals surface area (Å²) < 4.78 is 0.951. The van der Waals surface area contributed by atoms with E-state index in [1.165, 1.54) is 0 Å². The molecule has 2 rings (SSSR count). The zero-order chi connectivity index (χ0) is 17.7. The molecule has 1 atom stereocenters. The highest BCUT2D eigenvalue weighted by atomic mass is 79.9. The fourth-order valence-corrected chi connectivity index (χ4v) is 2.99. The molecule has 2 amide bonds. The first-order chi connectivity index (χ1) is 11.3. The van der Waals surface area contributed by atoms with Crippen molar-refractivity contribution in [2.75, 3.05) is 39.3 Å². The molecule has 1 aliphatic heterocycles. The smallest absolute Gasteiger partial charge is 0.244 e. The summed E-state index contributed by atoms with van der Waals surface area (Å²) in [4.78, 5) is 27.8. The maximum Gasteiger partial charge on any atom is 0.244 e. The Kier molecular flexibility index (Phi) is 6.37. The molecule has 0 radical (unpaired) electrons. The van der Waals surface area contributed by atoms with Gasteiger partial charge in [-0.15, -0.1) is 0 Å². The molecule has 1 heterocycles. The Morgan fingerprint density at radius 3 is 2.33 bits per heavy atom. The summed E-state index contributed by atoms with van der Waals surface area (Å²) in [5.74, 6) is -0.0662. The lowest BCUT2D eigenvalue weighted by Crippen LogP contribution is -2.52. The molecule has 3 N–H and O–H groups in total. The largest absolute Gasteiger partial charge is 0.353 e. The summed E-state index contributed by atoms with van der Waals surface area (Å²) in [5.41, 5.74) is 5.93. The van der Waals surface area contributed by atoms with Gasteiger partial charge in [0.2, 0.25) is 11.8 Å². The van der Waals surface area contributed by atoms with Crippen molar-refractivity contribution >= 4 is 27.7 Å². The molecule has 24 heavy (non-hydrogen) atoms. The molecular weight excluding hydrogens is 372 g/mol. The molecule has 0 aromatic heterocycles. The van der Waals surface area contributed by atoms with Crippen molar-refractivity contribution in [3.05, 3.63) is 34.3 Å². The summed E-state index contributed by atoms with van der Waals surface area (Å²) in [6.07, 6.45) is 0. The highest BCUT2D eigenvalue weighted by Gasteiger charge is 2.30. The van der Waals surface area contributed by atoms with E-state index >= 15 is 0 Å². The summed E-state index contributed by atoms with van der Waals surface area (Å²) in [5, 5.41) is 2.92. The van der Waals surface area contributed by atoms with Crippen molar-refractivity contribution in [1.82, 2.24) is 15.1 Å². The summed E-state index contributed by atoms with van der Waals surface area (Å²) >= 11 is 3.38. The fourth-order valence-electron chi connectivity index (χ4n) is 2.72. The van der Waals surface area contributed by atoms with Crippen LogP contribution in [0.25, 0.3) is 0 Å². The van der Waals surface area contributed by atoms with Gasteiger partial charge < -0.3 is 16.0 Å². The van der Waals surface area contributed by atoms with Gasteiger partial charge in [-0.05, 0) is 24.6 Å². The van der Waals surface area contributed by atoms with Crippen LogP contribution in [0.3, 0.4) is 0 Å². The third-order valence-electron chi connectivity index (χ3n) is 4.45. The van der Waals surface area contributed by atoms with Gasteiger partial charge >= 0.3 is 0 Å². The third-order valence-corrected chi connectivity index (χ3v) is 4.98. The number of piperazine rings is 1. The Hall–Kier alpha value is -1.44. The molecular formula is C17H25BrN4O2. The number of benzene rings is 1. The lowest BCUT2D eigenvalue weighted by atomic mass is 9.92. The zero-order valence-corrected chi connectivity index (χ0v) is 15.8. The summed E-state index contributed by atoms with van der Waals surface area (Å²) in [7, 11) is 0.